The van der Waals surface area contributed by atoms with Crippen LogP contribution in [0.1, 0.15) is 19.3 Å². The number of hydrogen-bond donors (Lipinski definition) is 3. The summed E-state index contributed by atoms with van der Waals surface area (Å²) in [5.74, 6) is -0.263. The van der Waals surface area contributed by atoms with Gasteiger partial charge in [-0.1, -0.05) is 12.5 Å². The van der Waals surface area contributed by atoms with Gasteiger partial charge >= 0.3 is 0 Å². The average Bonchev–Trinajstić information content (AvgIpc) is 2.38. The molecule has 4 nitrogen and oxygen atoms in total. The van der Waals surface area contributed by atoms with E-state index >= 15 is 0 Å². The molecule has 0 spiro atoms. The van der Waals surface area contributed by atoms with Crippen LogP contribution in [0.25, 0.3) is 0 Å². The predicted molar refractivity (Wildman–Crippen MR) is 52.6 cm³/mol. The van der Waals surface area contributed by atoms with Gasteiger partial charge in [-0.2, -0.15) is 0 Å². The molecule has 0 saturated carbocycles. The number of amides is 1. The Kier molecular flexibility index (Phi) is 4.10. The molecule has 0 aromatic rings. The molecule has 4 heteroatoms. The van der Waals surface area contributed by atoms with Crippen LogP contribution in [0.15, 0.2) is 12.7 Å². The fourth-order valence-corrected chi connectivity index (χ4v) is 1.69. The van der Waals surface area contributed by atoms with Gasteiger partial charge in [0.2, 0.25) is 5.91 Å². The second kappa shape index (κ2) is 5.12. The maximum Gasteiger partial charge on any atom is 0.227 e. The van der Waals surface area contributed by atoms with Crippen LogP contribution in [0, 0.1) is 5.92 Å². The SMILES string of the molecule is C=CC1CCCC(C(O)CO)NC1=O. The van der Waals surface area contributed by atoms with Crippen molar-refractivity contribution in [2.45, 2.75) is 31.4 Å². The van der Waals surface area contributed by atoms with E-state index in [1.165, 1.54) is 0 Å². The first kappa shape index (κ1) is 11.2. The van der Waals surface area contributed by atoms with Crippen molar-refractivity contribution in [1.82, 2.24) is 5.32 Å². The molecular weight excluding hydrogens is 182 g/mol. The Balaban J connectivity index is 2.59. The summed E-state index contributed by atoms with van der Waals surface area (Å²) >= 11 is 0. The lowest BCUT2D eigenvalue weighted by Gasteiger charge is -2.20. The molecule has 1 aliphatic rings. The Morgan fingerprint density at radius 3 is 2.93 bits per heavy atom. The molecule has 0 aliphatic carbocycles. The fraction of sp³-hybridized carbons (Fsp3) is 0.700. The number of hydrogen-bond acceptors (Lipinski definition) is 3. The van der Waals surface area contributed by atoms with Crippen LogP contribution in [-0.4, -0.2) is 34.9 Å². The van der Waals surface area contributed by atoms with Crippen LogP contribution in [0.4, 0.5) is 0 Å². The van der Waals surface area contributed by atoms with Crippen molar-refractivity contribution in [3.05, 3.63) is 12.7 Å². The van der Waals surface area contributed by atoms with E-state index in [-0.39, 0.29) is 24.5 Å². The Bertz CT molecular complexity index is 217. The minimum absolute atomic E-state index is 0.102. The number of nitrogens with one attached hydrogen (secondary N) is 1. The third-order valence-corrected chi connectivity index (χ3v) is 2.63. The summed E-state index contributed by atoms with van der Waals surface area (Å²) in [5.41, 5.74) is 0. The van der Waals surface area contributed by atoms with Crippen LogP contribution in [0.5, 0.6) is 0 Å². The molecule has 1 amide bonds. The Morgan fingerprint density at radius 2 is 2.36 bits per heavy atom. The molecule has 1 fully saturated rings. The average molecular weight is 199 g/mol. The second-order valence-corrected chi connectivity index (χ2v) is 3.64. The molecule has 1 rings (SSSR count). The molecule has 0 bridgehead atoms. The van der Waals surface area contributed by atoms with Crippen LogP contribution in [0.2, 0.25) is 0 Å². The van der Waals surface area contributed by atoms with Crippen molar-refractivity contribution in [3.8, 4) is 0 Å². The van der Waals surface area contributed by atoms with E-state index in [0.717, 1.165) is 12.8 Å². The monoisotopic (exact) mass is 199 g/mol. The highest BCUT2D eigenvalue weighted by molar-refractivity contribution is 5.80. The second-order valence-electron chi connectivity index (χ2n) is 3.64. The summed E-state index contributed by atoms with van der Waals surface area (Å²) in [5, 5.41) is 20.9. The maximum atomic E-state index is 11.5. The topological polar surface area (TPSA) is 69.6 Å². The highest BCUT2D eigenvalue weighted by Gasteiger charge is 2.27. The Labute approximate surface area is 83.6 Å². The number of rotatable bonds is 3. The van der Waals surface area contributed by atoms with Gasteiger partial charge < -0.3 is 15.5 Å². The van der Waals surface area contributed by atoms with Gasteiger partial charge in [-0.25, -0.2) is 0 Å². The van der Waals surface area contributed by atoms with Gasteiger partial charge in [-0.15, -0.1) is 6.58 Å². The fourth-order valence-electron chi connectivity index (χ4n) is 1.69. The molecule has 3 unspecified atom stereocenters. The van der Waals surface area contributed by atoms with Gasteiger partial charge in [0.25, 0.3) is 0 Å². The largest absolute Gasteiger partial charge is 0.394 e. The lowest BCUT2D eigenvalue weighted by molar-refractivity contribution is -0.124. The van der Waals surface area contributed by atoms with Crippen LogP contribution < -0.4 is 5.32 Å². The van der Waals surface area contributed by atoms with E-state index in [2.05, 4.69) is 11.9 Å². The van der Waals surface area contributed by atoms with Crippen LogP contribution in [0.3, 0.4) is 0 Å². The van der Waals surface area contributed by atoms with Crippen molar-refractivity contribution < 1.29 is 15.0 Å². The first-order valence-corrected chi connectivity index (χ1v) is 4.91. The van der Waals surface area contributed by atoms with E-state index in [9.17, 15) is 9.90 Å². The zero-order valence-corrected chi connectivity index (χ0v) is 8.15. The van der Waals surface area contributed by atoms with E-state index in [4.69, 9.17) is 5.11 Å². The number of carbonyl (C=O) groups is 1. The molecule has 0 aromatic carbocycles. The molecule has 3 atom stereocenters. The van der Waals surface area contributed by atoms with Gasteiger partial charge in [0.05, 0.1) is 24.7 Å². The normalized spacial score (nSPS) is 30.3. The third-order valence-electron chi connectivity index (χ3n) is 2.63. The number of aliphatic hydroxyl groups excluding tert-OH is 2. The highest BCUT2D eigenvalue weighted by atomic mass is 16.3. The van der Waals surface area contributed by atoms with Crippen molar-refractivity contribution in [1.29, 1.82) is 0 Å². The van der Waals surface area contributed by atoms with Gasteiger partial charge in [-0.05, 0) is 12.8 Å². The van der Waals surface area contributed by atoms with Gasteiger partial charge in [0.1, 0.15) is 0 Å². The van der Waals surface area contributed by atoms with Crippen LogP contribution in [-0.2, 0) is 4.79 Å². The zero-order valence-electron chi connectivity index (χ0n) is 8.15. The summed E-state index contributed by atoms with van der Waals surface area (Å²) in [7, 11) is 0. The third kappa shape index (κ3) is 2.56. The summed E-state index contributed by atoms with van der Waals surface area (Å²) in [6.07, 6.45) is 3.10. The molecule has 1 heterocycles. The molecule has 80 valence electrons. The van der Waals surface area contributed by atoms with Gasteiger partial charge in [-0.3, -0.25) is 4.79 Å². The smallest absolute Gasteiger partial charge is 0.227 e. The van der Waals surface area contributed by atoms with E-state index in [0.29, 0.717) is 6.42 Å². The summed E-state index contributed by atoms with van der Waals surface area (Å²) < 4.78 is 0. The Hall–Kier alpha value is -0.870. The van der Waals surface area contributed by atoms with Gasteiger partial charge in [0.15, 0.2) is 0 Å². The van der Waals surface area contributed by atoms with E-state index in [1.54, 1.807) is 6.08 Å². The summed E-state index contributed by atoms with van der Waals surface area (Å²) in [6, 6.07) is -0.322. The van der Waals surface area contributed by atoms with Crippen molar-refractivity contribution in [2.75, 3.05) is 6.61 Å². The summed E-state index contributed by atoms with van der Waals surface area (Å²) in [6.45, 7) is 3.28. The molecule has 1 saturated heterocycles. The lowest BCUT2D eigenvalue weighted by Crippen LogP contribution is -2.45. The number of carbonyl (C=O) groups excluding carboxylic acids is 1. The molecular formula is C10H17NO3. The van der Waals surface area contributed by atoms with Crippen molar-refractivity contribution in [2.24, 2.45) is 5.92 Å². The minimum Gasteiger partial charge on any atom is -0.394 e. The molecule has 14 heavy (non-hydrogen) atoms. The quantitative estimate of drug-likeness (QED) is 0.552. The Morgan fingerprint density at radius 1 is 1.64 bits per heavy atom. The first-order valence-electron chi connectivity index (χ1n) is 4.91. The van der Waals surface area contributed by atoms with E-state index in [1.807, 2.05) is 0 Å². The zero-order chi connectivity index (χ0) is 10.6. The van der Waals surface area contributed by atoms with Crippen molar-refractivity contribution >= 4 is 5.91 Å². The maximum absolute atomic E-state index is 11.5. The molecule has 3 N–H and O–H groups in total. The summed E-state index contributed by atoms with van der Waals surface area (Å²) in [4.78, 5) is 11.5. The van der Waals surface area contributed by atoms with E-state index < -0.39 is 6.10 Å². The standard InChI is InChI=1S/C10H17NO3/c1-2-7-4-3-5-8(9(13)6-12)11-10(7)14/h2,7-9,12-13H,1,3-6H2,(H,11,14). The molecule has 0 radical (unpaired) electrons. The highest BCUT2D eigenvalue weighted by Crippen LogP contribution is 2.17. The molecule has 1 aliphatic heterocycles. The minimum atomic E-state index is -0.859. The lowest BCUT2D eigenvalue weighted by atomic mass is 10.0. The first-order chi connectivity index (χ1) is 6.69. The van der Waals surface area contributed by atoms with Gasteiger partial charge in [0, 0.05) is 0 Å². The van der Waals surface area contributed by atoms with Crippen molar-refractivity contribution in [3.63, 3.8) is 0 Å². The van der Waals surface area contributed by atoms with Crippen LogP contribution >= 0.6 is 0 Å². The number of aliphatic hydroxyl groups is 2. The predicted octanol–water partition coefficient (Wildman–Crippen LogP) is -0.189. The molecule has 0 aromatic heterocycles.